The van der Waals surface area contributed by atoms with Gasteiger partial charge in [-0.25, -0.2) is 4.98 Å². The number of aliphatic hydroxyl groups excluding tert-OH is 1. The van der Waals surface area contributed by atoms with Gasteiger partial charge in [-0.05, 0) is 23.7 Å². The lowest BCUT2D eigenvalue weighted by Gasteiger charge is -1.85. The number of nitrogens with zero attached hydrogens (tertiary/aromatic N) is 1. The molecule has 0 bridgehead atoms. The Balaban J connectivity index is 2.35. The predicted octanol–water partition coefficient (Wildman–Crippen LogP) is 2.08. The van der Waals surface area contributed by atoms with Gasteiger partial charge in [-0.3, -0.25) is 0 Å². The zero-order chi connectivity index (χ0) is 9.26. The molecule has 0 saturated heterocycles. The molecule has 0 aliphatic heterocycles. The molecule has 0 aliphatic carbocycles. The number of aliphatic hydroxyl groups is 1. The molecule has 13 heavy (non-hydrogen) atoms. The normalized spacial score (nSPS) is 10.6. The van der Waals surface area contributed by atoms with Crippen molar-refractivity contribution < 1.29 is 13.9 Å². The summed E-state index contributed by atoms with van der Waals surface area (Å²) in [6, 6.07) is 3.25. The summed E-state index contributed by atoms with van der Waals surface area (Å²) in [7, 11) is 0. The van der Waals surface area contributed by atoms with Crippen LogP contribution in [0.25, 0.3) is 11.7 Å². The SMILES string of the molecule is OCc1coc(-c2ccc(Cl)o2)n1. The average molecular weight is 200 g/mol. The van der Waals surface area contributed by atoms with Crippen LogP contribution in [0.5, 0.6) is 0 Å². The first-order valence-electron chi connectivity index (χ1n) is 3.60. The highest BCUT2D eigenvalue weighted by Crippen LogP contribution is 2.23. The molecule has 4 nitrogen and oxygen atoms in total. The Morgan fingerprint density at radius 2 is 2.31 bits per heavy atom. The number of halogens is 1. The second kappa shape index (κ2) is 3.24. The molecule has 0 saturated carbocycles. The van der Waals surface area contributed by atoms with Gasteiger partial charge in [-0.15, -0.1) is 0 Å². The fourth-order valence-electron chi connectivity index (χ4n) is 0.922. The van der Waals surface area contributed by atoms with E-state index in [4.69, 9.17) is 25.5 Å². The zero-order valence-electron chi connectivity index (χ0n) is 6.53. The number of hydrogen-bond donors (Lipinski definition) is 1. The molecule has 0 spiro atoms. The minimum absolute atomic E-state index is 0.155. The second-order valence-corrected chi connectivity index (χ2v) is 2.78. The maximum absolute atomic E-state index is 8.72. The maximum atomic E-state index is 8.72. The van der Waals surface area contributed by atoms with E-state index in [1.807, 2.05) is 0 Å². The van der Waals surface area contributed by atoms with Gasteiger partial charge in [-0.1, -0.05) is 0 Å². The lowest BCUT2D eigenvalue weighted by molar-refractivity contribution is 0.276. The molecule has 0 amide bonds. The van der Waals surface area contributed by atoms with Crippen LogP contribution in [0.3, 0.4) is 0 Å². The van der Waals surface area contributed by atoms with Crippen molar-refractivity contribution in [2.45, 2.75) is 6.61 Å². The quantitative estimate of drug-likeness (QED) is 0.805. The summed E-state index contributed by atoms with van der Waals surface area (Å²) in [6.07, 6.45) is 1.37. The van der Waals surface area contributed by atoms with E-state index in [0.717, 1.165) is 0 Å². The van der Waals surface area contributed by atoms with Gasteiger partial charge in [0.05, 0.1) is 6.61 Å². The van der Waals surface area contributed by atoms with E-state index in [0.29, 0.717) is 17.3 Å². The van der Waals surface area contributed by atoms with Gasteiger partial charge >= 0.3 is 0 Å². The Hall–Kier alpha value is -1.26. The molecule has 2 heterocycles. The van der Waals surface area contributed by atoms with Crippen molar-refractivity contribution in [2.75, 3.05) is 0 Å². The van der Waals surface area contributed by atoms with Gasteiger partial charge in [0.2, 0.25) is 0 Å². The molecule has 68 valence electrons. The van der Waals surface area contributed by atoms with Crippen molar-refractivity contribution in [1.82, 2.24) is 4.98 Å². The van der Waals surface area contributed by atoms with Crippen LogP contribution in [0.1, 0.15) is 5.69 Å². The number of furan rings is 1. The van der Waals surface area contributed by atoms with Gasteiger partial charge in [0.1, 0.15) is 12.0 Å². The Morgan fingerprint density at radius 3 is 2.85 bits per heavy atom. The summed E-state index contributed by atoms with van der Waals surface area (Å²) in [5.41, 5.74) is 0.461. The highest BCUT2D eigenvalue weighted by molar-refractivity contribution is 6.28. The Kier molecular flexibility index (Phi) is 2.08. The van der Waals surface area contributed by atoms with Crippen LogP contribution in [0, 0.1) is 0 Å². The summed E-state index contributed by atoms with van der Waals surface area (Å²) in [4.78, 5) is 3.94. The molecule has 0 fully saturated rings. The monoisotopic (exact) mass is 199 g/mol. The molecule has 0 aliphatic rings. The predicted molar refractivity (Wildman–Crippen MR) is 45.1 cm³/mol. The van der Waals surface area contributed by atoms with Gasteiger partial charge in [0.25, 0.3) is 5.89 Å². The van der Waals surface area contributed by atoms with Crippen molar-refractivity contribution >= 4 is 11.6 Å². The highest BCUT2D eigenvalue weighted by atomic mass is 35.5. The van der Waals surface area contributed by atoms with E-state index < -0.39 is 0 Å². The van der Waals surface area contributed by atoms with Gasteiger partial charge < -0.3 is 13.9 Å². The summed E-state index contributed by atoms with van der Waals surface area (Å²) in [6.45, 7) is -0.155. The second-order valence-electron chi connectivity index (χ2n) is 2.41. The van der Waals surface area contributed by atoms with Crippen LogP contribution in [0.15, 0.2) is 27.2 Å². The summed E-state index contributed by atoms with van der Waals surface area (Å²) in [5.74, 6) is 0.764. The lowest BCUT2D eigenvalue weighted by atomic mass is 10.4. The third kappa shape index (κ3) is 1.59. The Labute approximate surface area is 78.8 Å². The molecular weight excluding hydrogens is 194 g/mol. The van der Waals surface area contributed by atoms with Crippen LogP contribution in [0.4, 0.5) is 0 Å². The van der Waals surface area contributed by atoms with Crippen LogP contribution in [0.2, 0.25) is 5.22 Å². The summed E-state index contributed by atoms with van der Waals surface area (Å²) < 4.78 is 10.1. The van der Waals surface area contributed by atoms with Crippen LogP contribution < -0.4 is 0 Å². The van der Waals surface area contributed by atoms with E-state index in [-0.39, 0.29) is 11.8 Å². The minimum atomic E-state index is -0.155. The average Bonchev–Trinajstić information content (AvgIpc) is 2.71. The minimum Gasteiger partial charge on any atom is -0.442 e. The van der Waals surface area contributed by atoms with E-state index in [2.05, 4.69) is 4.98 Å². The van der Waals surface area contributed by atoms with Crippen LogP contribution in [-0.2, 0) is 6.61 Å². The molecule has 2 aromatic heterocycles. The fraction of sp³-hybridized carbons (Fsp3) is 0.125. The van der Waals surface area contributed by atoms with E-state index in [1.54, 1.807) is 12.1 Å². The molecule has 0 radical (unpaired) electrons. The van der Waals surface area contributed by atoms with Crippen LogP contribution in [-0.4, -0.2) is 10.1 Å². The van der Waals surface area contributed by atoms with E-state index >= 15 is 0 Å². The molecule has 5 heteroatoms. The Bertz CT molecular complexity index is 407. The number of hydrogen-bond acceptors (Lipinski definition) is 4. The van der Waals surface area contributed by atoms with Gasteiger partial charge in [-0.2, -0.15) is 0 Å². The summed E-state index contributed by atoms with van der Waals surface area (Å²) >= 11 is 5.57. The fourth-order valence-corrected chi connectivity index (χ4v) is 1.07. The molecule has 0 unspecified atom stereocenters. The lowest BCUT2D eigenvalue weighted by Crippen LogP contribution is -1.81. The molecule has 2 rings (SSSR count). The first kappa shape index (κ1) is 8.34. The van der Waals surface area contributed by atoms with Gasteiger partial charge in [0, 0.05) is 0 Å². The highest BCUT2D eigenvalue weighted by Gasteiger charge is 2.09. The molecular formula is C8H6ClNO3. The topological polar surface area (TPSA) is 59.4 Å². The number of rotatable bonds is 2. The first-order valence-corrected chi connectivity index (χ1v) is 3.98. The standard InChI is InChI=1S/C8H6ClNO3/c9-7-2-1-6(13-7)8-10-5(3-11)4-12-8/h1-2,4,11H,3H2. The zero-order valence-corrected chi connectivity index (χ0v) is 7.28. The number of oxazole rings is 1. The largest absolute Gasteiger partial charge is 0.442 e. The van der Waals surface area contributed by atoms with Crippen molar-refractivity contribution in [2.24, 2.45) is 0 Å². The van der Waals surface area contributed by atoms with E-state index in [9.17, 15) is 0 Å². The summed E-state index contributed by atoms with van der Waals surface area (Å²) in [5, 5.41) is 9.00. The third-order valence-electron chi connectivity index (χ3n) is 1.50. The van der Waals surface area contributed by atoms with E-state index in [1.165, 1.54) is 6.26 Å². The molecule has 2 aromatic rings. The smallest absolute Gasteiger partial charge is 0.263 e. The van der Waals surface area contributed by atoms with Crippen molar-refractivity contribution in [3.8, 4) is 11.7 Å². The molecule has 0 atom stereocenters. The Morgan fingerprint density at radius 1 is 1.46 bits per heavy atom. The van der Waals surface area contributed by atoms with Crippen LogP contribution >= 0.6 is 11.6 Å². The van der Waals surface area contributed by atoms with Crippen molar-refractivity contribution in [3.63, 3.8) is 0 Å². The molecule has 1 N–H and O–H groups in total. The maximum Gasteiger partial charge on any atom is 0.263 e. The first-order chi connectivity index (χ1) is 6.29. The van der Waals surface area contributed by atoms with Crippen molar-refractivity contribution in [1.29, 1.82) is 0 Å². The number of aromatic nitrogens is 1. The molecule has 0 aromatic carbocycles. The third-order valence-corrected chi connectivity index (χ3v) is 1.70. The van der Waals surface area contributed by atoms with Gasteiger partial charge in [0.15, 0.2) is 11.0 Å². The van der Waals surface area contributed by atoms with Crippen molar-refractivity contribution in [3.05, 3.63) is 29.3 Å².